The number of piperazine rings is 1. The van der Waals surface area contributed by atoms with Gasteiger partial charge in [0.15, 0.2) is 0 Å². The number of anilines is 2. The summed E-state index contributed by atoms with van der Waals surface area (Å²) in [5.41, 5.74) is 5.37. The number of nitriles is 2. The number of nitrogens with zero attached hydrogens (tertiary/aromatic N) is 6. The molecule has 2 aromatic heterocycles. The Kier molecular flexibility index (Phi) is 4.55. The van der Waals surface area contributed by atoms with E-state index in [4.69, 9.17) is 0 Å². The van der Waals surface area contributed by atoms with Crippen LogP contribution in [0.3, 0.4) is 0 Å². The van der Waals surface area contributed by atoms with E-state index in [9.17, 15) is 10.5 Å². The van der Waals surface area contributed by atoms with Gasteiger partial charge in [-0.3, -0.25) is 4.98 Å². The third kappa shape index (κ3) is 3.00. The number of fused-ring (bicyclic) bond motifs is 1. The Labute approximate surface area is 164 Å². The fourth-order valence-electron chi connectivity index (χ4n) is 3.95. The van der Waals surface area contributed by atoms with E-state index in [1.54, 1.807) is 24.5 Å². The largest absolute Gasteiger partial charge is 0.366 e. The van der Waals surface area contributed by atoms with Crippen LogP contribution in [0.25, 0.3) is 10.9 Å². The minimum absolute atomic E-state index is 0.592. The van der Waals surface area contributed by atoms with E-state index >= 15 is 0 Å². The maximum Gasteiger partial charge on any atom is 0.146 e. The molecule has 28 heavy (non-hydrogen) atoms. The molecule has 0 bridgehead atoms. The summed E-state index contributed by atoms with van der Waals surface area (Å²) in [5, 5.41) is 20.0. The van der Waals surface area contributed by atoms with Gasteiger partial charge in [0, 0.05) is 44.0 Å². The highest BCUT2D eigenvalue weighted by atomic mass is 15.3. The molecule has 4 rings (SSSR count). The van der Waals surface area contributed by atoms with Gasteiger partial charge in [0.05, 0.1) is 22.3 Å². The first-order valence-electron chi connectivity index (χ1n) is 9.27. The molecule has 1 aliphatic rings. The van der Waals surface area contributed by atoms with Gasteiger partial charge in [0.2, 0.25) is 0 Å². The maximum absolute atomic E-state index is 9.67. The lowest BCUT2D eigenvalue weighted by Gasteiger charge is -2.37. The van der Waals surface area contributed by atoms with Crippen molar-refractivity contribution in [2.24, 2.45) is 0 Å². The molecule has 0 saturated carbocycles. The molecular formula is C22H20N6. The molecule has 0 aliphatic carbocycles. The van der Waals surface area contributed by atoms with Crippen molar-refractivity contribution in [2.75, 3.05) is 36.0 Å². The molecule has 0 N–H and O–H groups in total. The number of benzene rings is 1. The first-order chi connectivity index (χ1) is 13.6. The van der Waals surface area contributed by atoms with Gasteiger partial charge >= 0.3 is 0 Å². The molecule has 0 amide bonds. The summed E-state index contributed by atoms with van der Waals surface area (Å²) >= 11 is 0. The van der Waals surface area contributed by atoms with Crippen molar-refractivity contribution in [1.82, 2.24) is 9.97 Å². The summed E-state index contributed by atoms with van der Waals surface area (Å²) < 4.78 is 0. The number of aryl methyl sites for hydroxylation is 2. The lowest BCUT2D eigenvalue weighted by atomic mass is 10.0. The van der Waals surface area contributed by atoms with Crippen molar-refractivity contribution in [2.45, 2.75) is 13.8 Å². The highest BCUT2D eigenvalue weighted by Gasteiger charge is 2.24. The number of pyridine rings is 2. The second-order valence-electron chi connectivity index (χ2n) is 7.07. The van der Waals surface area contributed by atoms with Crippen LogP contribution in [-0.4, -0.2) is 36.1 Å². The predicted molar refractivity (Wildman–Crippen MR) is 109 cm³/mol. The molecule has 1 saturated heterocycles. The quantitative estimate of drug-likeness (QED) is 0.690. The molecule has 6 nitrogen and oxygen atoms in total. The number of hydrogen-bond acceptors (Lipinski definition) is 6. The van der Waals surface area contributed by atoms with E-state index in [0.29, 0.717) is 11.1 Å². The normalized spacial score (nSPS) is 14.0. The van der Waals surface area contributed by atoms with Gasteiger partial charge in [-0.2, -0.15) is 10.5 Å². The molecule has 0 radical (unpaired) electrons. The first-order valence-corrected chi connectivity index (χ1v) is 9.27. The summed E-state index contributed by atoms with van der Waals surface area (Å²) in [7, 11) is 0. The van der Waals surface area contributed by atoms with Crippen LogP contribution >= 0.6 is 0 Å². The van der Waals surface area contributed by atoms with Gasteiger partial charge in [-0.15, -0.1) is 0 Å². The molecule has 1 fully saturated rings. The number of aromatic nitrogens is 2. The Hall–Kier alpha value is -3.64. The third-order valence-electron chi connectivity index (χ3n) is 5.20. The average Bonchev–Trinajstić information content (AvgIpc) is 2.73. The molecule has 0 unspecified atom stereocenters. The van der Waals surface area contributed by atoms with Crippen molar-refractivity contribution in [1.29, 1.82) is 10.5 Å². The van der Waals surface area contributed by atoms with E-state index in [1.807, 2.05) is 0 Å². The average molecular weight is 368 g/mol. The summed E-state index contributed by atoms with van der Waals surface area (Å²) in [6, 6.07) is 12.3. The third-order valence-corrected chi connectivity index (χ3v) is 5.20. The predicted octanol–water partition coefficient (Wildman–Crippen LogP) is 3.32. The van der Waals surface area contributed by atoms with Gasteiger partial charge in [-0.05, 0) is 37.6 Å². The standard InChI is InChI=1S/C22H20N6/c1-15-10-16(2)20-19(11-15)21(18(13-24)14-26-20)27-6-8-28(9-7-27)22-17(12-23)4-3-5-25-22/h3-5,10-11,14H,6-9H2,1-2H3. The zero-order valence-corrected chi connectivity index (χ0v) is 16.0. The molecular weight excluding hydrogens is 348 g/mol. The van der Waals surface area contributed by atoms with Gasteiger partial charge in [-0.1, -0.05) is 11.6 Å². The number of hydrogen-bond donors (Lipinski definition) is 0. The lowest BCUT2D eigenvalue weighted by Crippen LogP contribution is -2.47. The van der Waals surface area contributed by atoms with Crippen LogP contribution in [0.5, 0.6) is 0 Å². The zero-order valence-electron chi connectivity index (χ0n) is 16.0. The Bertz CT molecular complexity index is 1130. The van der Waals surface area contributed by atoms with Crippen molar-refractivity contribution in [3.8, 4) is 12.1 Å². The van der Waals surface area contributed by atoms with Crippen LogP contribution in [0.2, 0.25) is 0 Å². The van der Waals surface area contributed by atoms with E-state index in [-0.39, 0.29) is 0 Å². The molecule has 6 heteroatoms. The highest BCUT2D eigenvalue weighted by molar-refractivity contribution is 5.96. The summed E-state index contributed by atoms with van der Waals surface area (Å²) in [4.78, 5) is 13.3. The maximum atomic E-state index is 9.67. The molecule has 3 aromatic rings. The van der Waals surface area contributed by atoms with E-state index < -0.39 is 0 Å². The van der Waals surface area contributed by atoms with Gasteiger partial charge in [0.1, 0.15) is 18.0 Å². The topological polar surface area (TPSA) is 79.8 Å². The van der Waals surface area contributed by atoms with Crippen molar-refractivity contribution in [3.63, 3.8) is 0 Å². The summed E-state index contributed by atoms with van der Waals surface area (Å²) in [6.45, 7) is 7.11. The Morgan fingerprint density at radius 3 is 2.36 bits per heavy atom. The second kappa shape index (κ2) is 7.17. The summed E-state index contributed by atoms with van der Waals surface area (Å²) in [6.07, 6.45) is 3.40. The fourth-order valence-corrected chi connectivity index (χ4v) is 3.95. The molecule has 1 aliphatic heterocycles. The van der Waals surface area contributed by atoms with Crippen LogP contribution in [0.4, 0.5) is 11.5 Å². The number of rotatable bonds is 2. The van der Waals surface area contributed by atoms with Crippen LogP contribution in [0.15, 0.2) is 36.7 Å². The van der Waals surface area contributed by atoms with Crippen LogP contribution in [-0.2, 0) is 0 Å². The van der Waals surface area contributed by atoms with E-state index in [1.165, 1.54) is 0 Å². The second-order valence-corrected chi connectivity index (χ2v) is 7.07. The molecule has 3 heterocycles. The van der Waals surface area contributed by atoms with Crippen LogP contribution in [0, 0.1) is 36.5 Å². The minimum atomic E-state index is 0.592. The zero-order chi connectivity index (χ0) is 19.7. The first kappa shape index (κ1) is 17.8. The summed E-state index contributed by atoms with van der Waals surface area (Å²) in [5.74, 6) is 0.733. The highest BCUT2D eigenvalue weighted by Crippen LogP contribution is 2.33. The fraction of sp³-hybridized carbons (Fsp3) is 0.273. The van der Waals surface area contributed by atoms with Crippen molar-refractivity contribution < 1.29 is 0 Å². The van der Waals surface area contributed by atoms with Crippen LogP contribution < -0.4 is 9.80 Å². The smallest absolute Gasteiger partial charge is 0.146 e. The molecule has 0 spiro atoms. The van der Waals surface area contributed by atoms with Gasteiger partial charge in [0.25, 0.3) is 0 Å². The van der Waals surface area contributed by atoms with Gasteiger partial charge < -0.3 is 9.80 Å². The molecule has 1 aromatic carbocycles. The van der Waals surface area contributed by atoms with Gasteiger partial charge in [-0.25, -0.2) is 4.98 Å². The molecule has 0 atom stereocenters. The minimum Gasteiger partial charge on any atom is -0.366 e. The van der Waals surface area contributed by atoms with Crippen LogP contribution in [0.1, 0.15) is 22.3 Å². The van der Waals surface area contributed by atoms with E-state index in [0.717, 1.165) is 59.7 Å². The Balaban J connectivity index is 1.69. The monoisotopic (exact) mass is 368 g/mol. The van der Waals surface area contributed by atoms with Crippen molar-refractivity contribution in [3.05, 3.63) is 58.9 Å². The van der Waals surface area contributed by atoms with Crippen molar-refractivity contribution >= 4 is 22.4 Å². The SMILES string of the molecule is Cc1cc(C)c2ncc(C#N)c(N3CCN(c4ncccc4C#N)CC3)c2c1. The lowest BCUT2D eigenvalue weighted by molar-refractivity contribution is 0.647. The Morgan fingerprint density at radius 2 is 1.64 bits per heavy atom. The molecule has 138 valence electrons. The Morgan fingerprint density at radius 1 is 0.929 bits per heavy atom. The van der Waals surface area contributed by atoms with E-state index in [2.05, 4.69) is 57.9 Å².